The monoisotopic (exact) mass is 266 g/mol. The maximum absolute atomic E-state index is 4.08. The number of benzene rings is 1. The summed E-state index contributed by atoms with van der Waals surface area (Å²) in [5, 5.41) is 3.65. The second-order valence-electron chi connectivity index (χ2n) is 5.61. The first-order valence-corrected chi connectivity index (χ1v) is 7.61. The van der Waals surface area contributed by atoms with Crippen LogP contribution in [-0.2, 0) is 12.8 Å². The van der Waals surface area contributed by atoms with Crippen molar-refractivity contribution in [3.8, 4) is 0 Å². The minimum absolute atomic E-state index is 0.569. The van der Waals surface area contributed by atoms with Crippen molar-refractivity contribution in [2.75, 3.05) is 6.54 Å². The largest absolute Gasteiger partial charge is 0.310 e. The van der Waals surface area contributed by atoms with Crippen LogP contribution < -0.4 is 5.32 Å². The lowest BCUT2D eigenvalue weighted by Crippen LogP contribution is -2.19. The maximum Gasteiger partial charge on any atom is 0.0326 e. The summed E-state index contributed by atoms with van der Waals surface area (Å²) in [5.41, 5.74) is 5.78. The molecule has 1 N–H and O–H groups in total. The smallest absolute Gasteiger partial charge is 0.0326 e. The van der Waals surface area contributed by atoms with Gasteiger partial charge in [-0.1, -0.05) is 25.1 Å². The number of fused-ring (bicyclic) bond motifs is 1. The van der Waals surface area contributed by atoms with Gasteiger partial charge in [-0.2, -0.15) is 0 Å². The van der Waals surface area contributed by atoms with Gasteiger partial charge in [0.1, 0.15) is 0 Å². The minimum Gasteiger partial charge on any atom is -0.310 e. The number of nitrogens with one attached hydrogen (secondary N) is 1. The molecule has 2 nitrogen and oxygen atoms in total. The molecule has 2 aromatic rings. The molecule has 0 saturated carbocycles. The zero-order valence-electron chi connectivity index (χ0n) is 12.1. The molecular formula is C18H22N2. The molecule has 1 aromatic carbocycles. The fraction of sp³-hybridized carbons (Fsp3) is 0.389. The van der Waals surface area contributed by atoms with Gasteiger partial charge in [-0.15, -0.1) is 0 Å². The Labute approximate surface area is 121 Å². The Morgan fingerprint density at radius 1 is 1.15 bits per heavy atom. The predicted molar refractivity (Wildman–Crippen MR) is 82.8 cm³/mol. The molecule has 0 bridgehead atoms. The van der Waals surface area contributed by atoms with Gasteiger partial charge in [0.25, 0.3) is 0 Å². The number of pyridine rings is 1. The standard InChI is InChI=1S/C18H22N2/c1-2-9-20-18-6-4-16-13-15(3-5-17(16)18)12-14-7-10-19-11-8-14/h3,5,7-8,10-11,13,18,20H,2,4,6,9,12H2,1H3. The van der Waals surface area contributed by atoms with Crippen molar-refractivity contribution in [1.82, 2.24) is 10.3 Å². The molecule has 3 rings (SSSR count). The quantitative estimate of drug-likeness (QED) is 0.893. The van der Waals surface area contributed by atoms with Crippen LogP contribution in [0.5, 0.6) is 0 Å². The first-order valence-electron chi connectivity index (χ1n) is 7.61. The van der Waals surface area contributed by atoms with Crippen molar-refractivity contribution in [3.05, 3.63) is 65.0 Å². The van der Waals surface area contributed by atoms with Crippen LogP contribution in [0.4, 0.5) is 0 Å². The minimum atomic E-state index is 0.569. The summed E-state index contributed by atoms with van der Waals surface area (Å²) in [5.74, 6) is 0. The zero-order chi connectivity index (χ0) is 13.8. The fourth-order valence-corrected chi connectivity index (χ4v) is 3.05. The van der Waals surface area contributed by atoms with Crippen LogP contribution in [0, 0.1) is 0 Å². The molecule has 1 aliphatic carbocycles. The van der Waals surface area contributed by atoms with Crippen molar-refractivity contribution in [2.45, 2.75) is 38.6 Å². The third-order valence-corrected chi connectivity index (χ3v) is 4.08. The highest BCUT2D eigenvalue weighted by Gasteiger charge is 2.21. The number of aryl methyl sites for hydroxylation is 1. The van der Waals surface area contributed by atoms with Crippen LogP contribution in [0.1, 0.15) is 48.1 Å². The van der Waals surface area contributed by atoms with Crippen molar-refractivity contribution >= 4 is 0 Å². The van der Waals surface area contributed by atoms with Crippen LogP contribution >= 0.6 is 0 Å². The number of rotatable bonds is 5. The molecule has 0 amide bonds. The van der Waals surface area contributed by atoms with Crippen LogP contribution in [0.2, 0.25) is 0 Å². The number of hydrogen-bond acceptors (Lipinski definition) is 2. The van der Waals surface area contributed by atoms with Crippen LogP contribution in [0.25, 0.3) is 0 Å². The summed E-state index contributed by atoms with van der Waals surface area (Å²) in [6.45, 7) is 3.34. The van der Waals surface area contributed by atoms with Crippen molar-refractivity contribution in [2.24, 2.45) is 0 Å². The molecule has 1 heterocycles. The van der Waals surface area contributed by atoms with Gasteiger partial charge in [0.2, 0.25) is 0 Å². The van der Waals surface area contributed by atoms with Crippen LogP contribution in [0.15, 0.2) is 42.7 Å². The van der Waals surface area contributed by atoms with Gasteiger partial charge in [0, 0.05) is 18.4 Å². The number of nitrogens with zero attached hydrogens (tertiary/aromatic N) is 1. The van der Waals surface area contributed by atoms with E-state index in [9.17, 15) is 0 Å². The van der Waals surface area contributed by atoms with E-state index >= 15 is 0 Å². The molecular weight excluding hydrogens is 244 g/mol. The van der Waals surface area contributed by atoms with E-state index in [1.165, 1.54) is 41.5 Å². The first kappa shape index (κ1) is 13.3. The van der Waals surface area contributed by atoms with Crippen LogP contribution in [-0.4, -0.2) is 11.5 Å². The highest BCUT2D eigenvalue weighted by atomic mass is 14.9. The maximum atomic E-state index is 4.08. The Bertz CT molecular complexity index is 563. The lowest BCUT2D eigenvalue weighted by molar-refractivity contribution is 0.529. The number of hydrogen-bond donors (Lipinski definition) is 1. The highest BCUT2D eigenvalue weighted by Crippen LogP contribution is 2.32. The molecule has 1 aliphatic rings. The average molecular weight is 266 g/mol. The summed E-state index contributed by atoms with van der Waals surface area (Å²) in [6, 6.07) is 11.8. The lowest BCUT2D eigenvalue weighted by Gasteiger charge is -2.13. The van der Waals surface area contributed by atoms with E-state index in [4.69, 9.17) is 0 Å². The van der Waals surface area contributed by atoms with Crippen molar-refractivity contribution < 1.29 is 0 Å². The summed E-state index contributed by atoms with van der Waals surface area (Å²) < 4.78 is 0. The Morgan fingerprint density at radius 2 is 2.00 bits per heavy atom. The molecule has 0 spiro atoms. The molecule has 104 valence electrons. The van der Waals surface area contributed by atoms with E-state index in [-0.39, 0.29) is 0 Å². The van der Waals surface area contributed by atoms with E-state index in [1.54, 1.807) is 0 Å². The van der Waals surface area contributed by atoms with Gasteiger partial charge >= 0.3 is 0 Å². The Hall–Kier alpha value is -1.67. The molecule has 0 radical (unpaired) electrons. The van der Waals surface area contributed by atoms with Gasteiger partial charge in [-0.3, -0.25) is 4.98 Å². The van der Waals surface area contributed by atoms with Gasteiger partial charge < -0.3 is 5.32 Å². The van der Waals surface area contributed by atoms with Crippen LogP contribution in [0.3, 0.4) is 0 Å². The molecule has 1 atom stereocenters. The van der Waals surface area contributed by atoms with Gasteiger partial charge in [0.15, 0.2) is 0 Å². The van der Waals surface area contributed by atoms with Crippen molar-refractivity contribution in [1.29, 1.82) is 0 Å². The second-order valence-corrected chi connectivity index (χ2v) is 5.61. The third-order valence-electron chi connectivity index (χ3n) is 4.08. The summed E-state index contributed by atoms with van der Waals surface area (Å²) >= 11 is 0. The fourth-order valence-electron chi connectivity index (χ4n) is 3.05. The molecule has 1 aromatic heterocycles. The summed E-state index contributed by atoms with van der Waals surface area (Å²) in [4.78, 5) is 4.08. The highest BCUT2D eigenvalue weighted by molar-refractivity contribution is 5.39. The molecule has 20 heavy (non-hydrogen) atoms. The molecule has 0 fully saturated rings. The summed E-state index contributed by atoms with van der Waals surface area (Å²) in [6.07, 6.45) is 8.39. The predicted octanol–water partition coefficient (Wildman–Crippen LogP) is 3.66. The van der Waals surface area contributed by atoms with E-state index in [0.717, 1.165) is 13.0 Å². The summed E-state index contributed by atoms with van der Waals surface area (Å²) in [7, 11) is 0. The topological polar surface area (TPSA) is 24.9 Å². The van der Waals surface area contributed by atoms with Crippen molar-refractivity contribution in [3.63, 3.8) is 0 Å². The van der Waals surface area contributed by atoms with E-state index in [1.807, 2.05) is 12.4 Å². The average Bonchev–Trinajstić information content (AvgIpc) is 2.88. The van der Waals surface area contributed by atoms with E-state index < -0.39 is 0 Å². The Morgan fingerprint density at radius 3 is 2.80 bits per heavy atom. The number of aromatic nitrogens is 1. The van der Waals surface area contributed by atoms with E-state index in [2.05, 4.69) is 47.6 Å². The Balaban J connectivity index is 1.74. The second kappa shape index (κ2) is 6.19. The third kappa shape index (κ3) is 2.91. The Kier molecular flexibility index (Phi) is 4.12. The SMILES string of the molecule is CCCNC1CCc2cc(Cc3ccncc3)ccc21. The molecule has 0 aliphatic heterocycles. The van der Waals surface area contributed by atoms with Gasteiger partial charge in [-0.05, 0) is 66.6 Å². The first-order chi connectivity index (χ1) is 9.86. The van der Waals surface area contributed by atoms with Gasteiger partial charge in [0.05, 0.1) is 0 Å². The molecule has 2 heteroatoms. The van der Waals surface area contributed by atoms with Gasteiger partial charge in [-0.25, -0.2) is 0 Å². The lowest BCUT2D eigenvalue weighted by atomic mass is 10.0. The van der Waals surface area contributed by atoms with E-state index in [0.29, 0.717) is 6.04 Å². The molecule has 0 saturated heterocycles. The zero-order valence-corrected chi connectivity index (χ0v) is 12.1. The molecule has 1 unspecified atom stereocenters. The normalized spacial score (nSPS) is 17.1.